The summed E-state index contributed by atoms with van der Waals surface area (Å²) in [5.74, 6) is 0.474. The Bertz CT molecular complexity index is 672. The van der Waals surface area contributed by atoms with Gasteiger partial charge >= 0.3 is 0 Å². The van der Waals surface area contributed by atoms with Crippen molar-refractivity contribution in [3.05, 3.63) is 71.8 Å². The Kier molecular flexibility index (Phi) is 18.8. The maximum absolute atomic E-state index is 11.8. The Morgan fingerprint density at radius 1 is 0.667 bits per heavy atom. The molecular weight excluding hydrogens is 410 g/mol. The molecule has 5 heteroatoms. The monoisotopic (exact) mass is 455 g/mol. The van der Waals surface area contributed by atoms with Crippen molar-refractivity contribution >= 4 is 11.6 Å². The highest BCUT2D eigenvalue weighted by Gasteiger charge is 2.06. The predicted octanol–water partition coefficient (Wildman–Crippen LogP) is 4.87. The highest BCUT2D eigenvalue weighted by molar-refractivity contribution is 6.08. The zero-order valence-electron chi connectivity index (χ0n) is 21.5. The van der Waals surface area contributed by atoms with Gasteiger partial charge in [-0.25, -0.2) is 0 Å². The van der Waals surface area contributed by atoms with Crippen LogP contribution in [0.5, 0.6) is 0 Å². The van der Waals surface area contributed by atoms with Crippen molar-refractivity contribution in [1.82, 2.24) is 16.0 Å². The second kappa shape index (κ2) is 20.3. The molecule has 2 rings (SSSR count). The quantitative estimate of drug-likeness (QED) is 0.315. The third kappa shape index (κ3) is 17.8. The largest absolute Gasteiger partial charge is 0.323 e. The Hall–Kier alpha value is -2.34. The fraction of sp³-hybridized carbons (Fsp3) is 0.500. The summed E-state index contributed by atoms with van der Waals surface area (Å²) < 4.78 is 0. The average molecular weight is 456 g/mol. The first kappa shape index (κ1) is 30.7. The van der Waals surface area contributed by atoms with E-state index in [1.54, 1.807) is 0 Å². The number of hydrogen-bond acceptors (Lipinski definition) is 5. The predicted molar refractivity (Wildman–Crippen MR) is 141 cm³/mol. The Morgan fingerprint density at radius 2 is 1.00 bits per heavy atom. The molecule has 2 aromatic rings. The van der Waals surface area contributed by atoms with Gasteiger partial charge in [0.2, 0.25) is 0 Å². The molecule has 0 bridgehead atoms. The fourth-order valence-electron chi connectivity index (χ4n) is 2.82. The molecule has 0 spiro atoms. The first-order chi connectivity index (χ1) is 15.8. The van der Waals surface area contributed by atoms with Crippen molar-refractivity contribution in [3.63, 3.8) is 0 Å². The smallest absolute Gasteiger partial charge is 0.193 e. The molecule has 0 saturated carbocycles. The molecular formula is C28H45N3O2. The van der Waals surface area contributed by atoms with Crippen molar-refractivity contribution in [3.8, 4) is 0 Å². The van der Waals surface area contributed by atoms with Crippen LogP contribution in [0.15, 0.2) is 60.7 Å². The maximum Gasteiger partial charge on any atom is 0.193 e. The molecule has 0 aromatic heterocycles. The summed E-state index contributed by atoms with van der Waals surface area (Å²) in [5.41, 5.74) is 1.47. The van der Waals surface area contributed by atoms with E-state index in [-0.39, 0.29) is 5.78 Å². The lowest BCUT2D eigenvalue weighted by molar-refractivity contribution is -0.119. The minimum atomic E-state index is 0.0752. The van der Waals surface area contributed by atoms with Gasteiger partial charge in [-0.3, -0.25) is 9.59 Å². The molecule has 0 radical (unpaired) electrons. The van der Waals surface area contributed by atoms with E-state index in [4.69, 9.17) is 0 Å². The lowest BCUT2D eigenvalue weighted by atomic mass is 10.0. The van der Waals surface area contributed by atoms with Crippen LogP contribution in [0.1, 0.15) is 69.3 Å². The van der Waals surface area contributed by atoms with Gasteiger partial charge in [0.25, 0.3) is 0 Å². The first-order valence-corrected chi connectivity index (χ1v) is 12.0. The van der Waals surface area contributed by atoms with Gasteiger partial charge in [0.1, 0.15) is 5.78 Å². The number of carbonyl (C=O) groups is 2. The van der Waals surface area contributed by atoms with Gasteiger partial charge < -0.3 is 16.0 Å². The van der Waals surface area contributed by atoms with Crippen molar-refractivity contribution in [2.24, 2.45) is 0 Å². The van der Waals surface area contributed by atoms with Gasteiger partial charge in [0.15, 0.2) is 5.78 Å². The van der Waals surface area contributed by atoms with Crippen LogP contribution in [-0.2, 0) is 4.79 Å². The second-order valence-corrected chi connectivity index (χ2v) is 8.52. The van der Waals surface area contributed by atoms with Crippen molar-refractivity contribution in [1.29, 1.82) is 0 Å². The standard InChI is InChI=1S/C13H28N2O.C13H10O.C2H7N/c1-11(2)14-9-5-7-13(16)8-6-10-15-12(3)4;14-13(11-7-3-1-4-8-11)12-9-5-2-6-10-12;1-3-2/h11-12,14-15H,5-10H2,1-4H3;1-10H;3H,1-2H3. The summed E-state index contributed by atoms with van der Waals surface area (Å²) in [4.78, 5) is 23.3. The molecule has 5 nitrogen and oxygen atoms in total. The van der Waals surface area contributed by atoms with Crippen LogP contribution < -0.4 is 16.0 Å². The van der Waals surface area contributed by atoms with E-state index in [1.807, 2.05) is 74.8 Å². The van der Waals surface area contributed by atoms with Crippen LogP contribution >= 0.6 is 0 Å². The van der Waals surface area contributed by atoms with Crippen LogP contribution in [-0.4, -0.2) is 50.8 Å². The number of carbonyl (C=O) groups excluding carboxylic acids is 2. The molecule has 0 amide bonds. The molecule has 0 aliphatic heterocycles. The molecule has 0 heterocycles. The van der Waals surface area contributed by atoms with E-state index in [9.17, 15) is 9.59 Å². The van der Waals surface area contributed by atoms with Crippen molar-refractivity contribution < 1.29 is 9.59 Å². The number of hydrogen-bond donors (Lipinski definition) is 3. The van der Waals surface area contributed by atoms with E-state index in [0.29, 0.717) is 17.9 Å². The van der Waals surface area contributed by atoms with E-state index >= 15 is 0 Å². The third-order valence-electron chi connectivity index (χ3n) is 4.44. The molecule has 0 unspecified atom stereocenters. The number of Topliss-reactive ketones (excluding diaryl/α,β-unsaturated/α-hetero) is 1. The van der Waals surface area contributed by atoms with E-state index < -0.39 is 0 Å². The van der Waals surface area contributed by atoms with E-state index in [1.165, 1.54) is 0 Å². The maximum atomic E-state index is 11.8. The summed E-state index contributed by atoms with van der Waals surface area (Å²) >= 11 is 0. The summed E-state index contributed by atoms with van der Waals surface area (Å²) in [5, 5.41) is 9.39. The number of rotatable bonds is 12. The molecule has 0 saturated heterocycles. The van der Waals surface area contributed by atoms with Crippen LogP contribution in [0.4, 0.5) is 0 Å². The molecule has 33 heavy (non-hydrogen) atoms. The van der Waals surface area contributed by atoms with E-state index in [2.05, 4.69) is 43.6 Å². The highest BCUT2D eigenvalue weighted by atomic mass is 16.1. The fourth-order valence-corrected chi connectivity index (χ4v) is 2.82. The average Bonchev–Trinajstić information content (AvgIpc) is 2.81. The summed E-state index contributed by atoms with van der Waals surface area (Å²) in [7, 11) is 3.75. The minimum absolute atomic E-state index is 0.0752. The third-order valence-corrected chi connectivity index (χ3v) is 4.44. The zero-order chi connectivity index (χ0) is 24.9. The Morgan fingerprint density at radius 3 is 1.30 bits per heavy atom. The Labute approximate surface area is 201 Å². The topological polar surface area (TPSA) is 70.2 Å². The van der Waals surface area contributed by atoms with Crippen LogP contribution in [0.25, 0.3) is 0 Å². The lowest BCUT2D eigenvalue weighted by Gasteiger charge is -2.08. The van der Waals surface area contributed by atoms with Crippen LogP contribution in [0.2, 0.25) is 0 Å². The molecule has 0 aliphatic carbocycles. The summed E-state index contributed by atoms with van der Waals surface area (Å²) in [6, 6.07) is 19.6. The summed E-state index contributed by atoms with van der Waals surface area (Å²) in [6.07, 6.45) is 3.38. The SMILES string of the molecule is CC(C)NCCCC(=O)CCCNC(C)C.CNC.O=C(c1ccccc1)c1ccccc1. The molecule has 0 atom stereocenters. The van der Waals surface area contributed by atoms with Gasteiger partial charge in [-0.05, 0) is 40.0 Å². The van der Waals surface area contributed by atoms with Crippen LogP contribution in [0, 0.1) is 0 Å². The number of benzene rings is 2. The lowest BCUT2D eigenvalue weighted by Crippen LogP contribution is -2.25. The summed E-state index contributed by atoms with van der Waals surface area (Å²) in [6.45, 7) is 10.4. The van der Waals surface area contributed by atoms with Gasteiger partial charge in [-0.1, -0.05) is 88.4 Å². The molecule has 0 fully saturated rings. The Balaban J connectivity index is 0.000000556. The normalized spacial score (nSPS) is 10.2. The zero-order valence-corrected chi connectivity index (χ0v) is 21.5. The van der Waals surface area contributed by atoms with Crippen LogP contribution in [0.3, 0.4) is 0 Å². The van der Waals surface area contributed by atoms with Gasteiger partial charge in [-0.15, -0.1) is 0 Å². The number of nitrogens with one attached hydrogen (secondary N) is 3. The second-order valence-electron chi connectivity index (χ2n) is 8.52. The van der Waals surface area contributed by atoms with Crippen molar-refractivity contribution in [2.75, 3.05) is 27.2 Å². The molecule has 184 valence electrons. The van der Waals surface area contributed by atoms with Crippen molar-refractivity contribution in [2.45, 2.75) is 65.5 Å². The highest BCUT2D eigenvalue weighted by Crippen LogP contribution is 2.08. The van der Waals surface area contributed by atoms with Gasteiger partial charge in [-0.2, -0.15) is 0 Å². The minimum Gasteiger partial charge on any atom is -0.323 e. The number of ketones is 2. The molecule has 2 aromatic carbocycles. The van der Waals surface area contributed by atoms with E-state index in [0.717, 1.165) is 49.9 Å². The first-order valence-electron chi connectivity index (χ1n) is 12.0. The molecule has 3 N–H and O–H groups in total. The van der Waals surface area contributed by atoms with Gasteiger partial charge in [0.05, 0.1) is 0 Å². The molecule has 0 aliphatic rings. The van der Waals surface area contributed by atoms with Gasteiger partial charge in [0, 0.05) is 36.1 Å².